The number of hydrogen-bond donors (Lipinski definition) is 1. The summed E-state index contributed by atoms with van der Waals surface area (Å²) in [5, 5.41) is 0. The molecule has 2 N–H and O–H groups in total. The minimum Gasteiger partial charge on any atom is -0.352 e. The Hall–Kier alpha value is -0.260. The van der Waals surface area contributed by atoms with Crippen LogP contribution in [0.1, 0.15) is 26.7 Å². The summed E-state index contributed by atoms with van der Waals surface area (Å²) >= 11 is 0. The van der Waals surface area contributed by atoms with Gasteiger partial charge in [-0.25, -0.2) is 8.78 Å². The second-order valence-corrected chi connectivity index (χ2v) is 4.02. The van der Waals surface area contributed by atoms with Crippen molar-refractivity contribution in [2.75, 3.05) is 19.8 Å². The topological polar surface area (TPSA) is 44.5 Å². The molecule has 1 rings (SSSR count). The van der Waals surface area contributed by atoms with Crippen molar-refractivity contribution in [3.05, 3.63) is 0 Å². The van der Waals surface area contributed by atoms with E-state index in [1.807, 2.05) is 13.8 Å². The lowest BCUT2D eigenvalue weighted by atomic mass is 9.65. The van der Waals surface area contributed by atoms with Gasteiger partial charge < -0.3 is 15.2 Å². The molecule has 0 unspecified atom stereocenters. The molecule has 0 aliphatic heterocycles. The van der Waals surface area contributed by atoms with E-state index in [9.17, 15) is 8.78 Å². The molecule has 1 saturated carbocycles. The highest BCUT2D eigenvalue weighted by molar-refractivity contribution is 5.01. The molecule has 0 spiro atoms. The van der Waals surface area contributed by atoms with Crippen LogP contribution in [0.3, 0.4) is 0 Å². The van der Waals surface area contributed by atoms with Crippen LogP contribution in [-0.4, -0.2) is 32.0 Å². The van der Waals surface area contributed by atoms with Crippen LogP contribution in [0.4, 0.5) is 8.78 Å². The largest absolute Gasteiger partial charge is 0.352 e. The second-order valence-electron chi connectivity index (χ2n) is 4.02. The summed E-state index contributed by atoms with van der Waals surface area (Å²) in [6.45, 7) is 4.68. The summed E-state index contributed by atoms with van der Waals surface area (Å²) in [4.78, 5) is 0. The Kier molecular flexibility index (Phi) is 4.03. The van der Waals surface area contributed by atoms with Crippen LogP contribution in [-0.2, 0) is 9.47 Å². The molecule has 0 saturated heterocycles. The quantitative estimate of drug-likeness (QED) is 0.698. The number of halogens is 2. The lowest BCUT2D eigenvalue weighted by Crippen LogP contribution is -2.58. The van der Waals surface area contributed by atoms with Gasteiger partial charge in [-0.2, -0.15) is 0 Å². The van der Waals surface area contributed by atoms with Crippen molar-refractivity contribution in [2.24, 2.45) is 11.1 Å². The molecule has 0 aromatic rings. The number of alkyl halides is 2. The predicted molar refractivity (Wildman–Crippen MR) is 52.7 cm³/mol. The van der Waals surface area contributed by atoms with Gasteiger partial charge in [-0.3, -0.25) is 0 Å². The molecule has 0 heterocycles. The molecule has 0 aromatic heterocycles. The summed E-state index contributed by atoms with van der Waals surface area (Å²) in [6, 6.07) is 0. The normalized spacial score (nSPS) is 22.8. The van der Waals surface area contributed by atoms with Gasteiger partial charge in [0.15, 0.2) is 6.29 Å². The minimum atomic E-state index is -2.61. The molecule has 0 aromatic carbocycles. The van der Waals surface area contributed by atoms with Crippen LogP contribution < -0.4 is 5.73 Å². The van der Waals surface area contributed by atoms with E-state index in [0.29, 0.717) is 13.2 Å². The fourth-order valence-electron chi connectivity index (χ4n) is 2.09. The predicted octanol–water partition coefficient (Wildman–Crippen LogP) is 1.76. The monoisotopic (exact) mass is 223 g/mol. The van der Waals surface area contributed by atoms with E-state index in [0.717, 1.165) is 0 Å². The Morgan fingerprint density at radius 3 is 1.93 bits per heavy atom. The van der Waals surface area contributed by atoms with Crippen molar-refractivity contribution in [2.45, 2.75) is 38.9 Å². The second kappa shape index (κ2) is 4.72. The van der Waals surface area contributed by atoms with Gasteiger partial charge in [0.2, 0.25) is 5.92 Å². The molecular formula is C10H19F2NO2. The SMILES string of the molecule is CCOC(OCC)C1(CN)CC(F)(F)C1. The Balaban J connectivity index is 2.63. The molecule has 0 atom stereocenters. The average Bonchev–Trinajstić information content (AvgIpc) is 2.13. The van der Waals surface area contributed by atoms with Gasteiger partial charge >= 0.3 is 0 Å². The summed E-state index contributed by atoms with van der Waals surface area (Å²) in [7, 11) is 0. The summed E-state index contributed by atoms with van der Waals surface area (Å²) < 4.78 is 36.5. The third-order valence-corrected chi connectivity index (χ3v) is 2.76. The molecule has 90 valence electrons. The van der Waals surface area contributed by atoms with Gasteiger partial charge in [0.05, 0.1) is 0 Å². The van der Waals surface area contributed by atoms with Crippen LogP contribution in [0.25, 0.3) is 0 Å². The van der Waals surface area contributed by atoms with Crippen molar-refractivity contribution in [1.82, 2.24) is 0 Å². The van der Waals surface area contributed by atoms with Crippen LogP contribution in [0.15, 0.2) is 0 Å². The highest BCUT2D eigenvalue weighted by Gasteiger charge is 2.60. The Bertz CT molecular complexity index is 198. The molecule has 15 heavy (non-hydrogen) atoms. The number of nitrogens with two attached hydrogens (primary N) is 1. The van der Waals surface area contributed by atoms with Crippen molar-refractivity contribution < 1.29 is 18.3 Å². The molecule has 0 amide bonds. The third-order valence-electron chi connectivity index (χ3n) is 2.76. The Labute approximate surface area is 88.9 Å². The first-order valence-electron chi connectivity index (χ1n) is 5.31. The summed E-state index contributed by atoms with van der Waals surface area (Å²) in [5.41, 5.74) is 4.86. The summed E-state index contributed by atoms with van der Waals surface area (Å²) in [6.07, 6.45) is -1.07. The number of ether oxygens (including phenoxy) is 2. The fourth-order valence-corrected chi connectivity index (χ4v) is 2.09. The van der Waals surface area contributed by atoms with Crippen LogP contribution >= 0.6 is 0 Å². The van der Waals surface area contributed by atoms with E-state index in [2.05, 4.69) is 0 Å². The highest BCUT2D eigenvalue weighted by atomic mass is 19.3. The van der Waals surface area contributed by atoms with Gasteiger partial charge in [-0.15, -0.1) is 0 Å². The molecule has 5 heteroatoms. The standard InChI is InChI=1S/C10H19F2NO2/c1-3-14-8(15-4-2)9(7-13)5-10(11,12)6-9/h8H,3-7,13H2,1-2H3. The fraction of sp³-hybridized carbons (Fsp3) is 1.00. The van der Waals surface area contributed by atoms with Crippen molar-refractivity contribution in [3.63, 3.8) is 0 Å². The van der Waals surface area contributed by atoms with Crippen molar-refractivity contribution in [3.8, 4) is 0 Å². The van der Waals surface area contributed by atoms with Gasteiger partial charge in [-0.1, -0.05) is 0 Å². The van der Waals surface area contributed by atoms with E-state index in [4.69, 9.17) is 15.2 Å². The average molecular weight is 223 g/mol. The molecule has 1 aliphatic carbocycles. The van der Waals surface area contributed by atoms with E-state index in [1.54, 1.807) is 0 Å². The molecule has 1 fully saturated rings. The van der Waals surface area contributed by atoms with E-state index in [1.165, 1.54) is 0 Å². The van der Waals surface area contributed by atoms with Crippen LogP contribution in [0.5, 0.6) is 0 Å². The Morgan fingerprint density at radius 1 is 1.20 bits per heavy atom. The smallest absolute Gasteiger partial charge is 0.249 e. The van der Waals surface area contributed by atoms with E-state index >= 15 is 0 Å². The van der Waals surface area contributed by atoms with Gasteiger partial charge in [0.25, 0.3) is 0 Å². The van der Waals surface area contributed by atoms with Crippen LogP contribution in [0.2, 0.25) is 0 Å². The van der Waals surface area contributed by atoms with Gasteiger partial charge in [-0.05, 0) is 13.8 Å². The lowest BCUT2D eigenvalue weighted by molar-refractivity contribution is -0.278. The third kappa shape index (κ3) is 2.65. The zero-order valence-electron chi connectivity index (χ0n) is 9.26. The zero-order chi connectivity index (χ0) is 11.5. The summed E-state index contributed by atoms with van der Waals surface area (Å²) in [5.74, 6) is -2.61. The lowest BCUT2D eigenvalue weighted by Gasteiger charge is -2.50. The van der Waals surface area contributed by atoms with Crippen LogP contribution in [0, 0.1) is 5.41 Å². The minimum absolute atomic E-state index is 0.174. The molecule has 0 bridgehead atoms. The Morgan fingerprint density at radius 2 is 1.67 bits per heavy atom. The maximum atomic E-state index is 12.9. The van der Waals surface area contributed by atoms with E-state index in [-0.39, 0.29) is 19.4 Å². The first kappa shape index (κ1) is 12.8. The van der Waals surface area contributed by atoms with Gasteiger partial charge in [0, 0.05) is 38.0 Å². The molecule has 3 nitrogen and oxygen atoms in total. The maximum absolute atomic E-state index is 12.9. The molecule has 0 radical (unpaired) electrons. The number of hydrogen-bond acceptors (Lipinski definition) is 3. The first-order valence-corrected chi connectivity index (χ1v) is 5.31. The molecular weight excluding hydrogens is 204 g/mol. The van der Waals surface area contributed by atoms with Gasteiger partial charge in [0.1, 0.15) is 0 Å². The zero-order valence-corrected chi connectivity index (χ0v) is 9.26. The van der Waals surface area contributed by atoms with Crippen molar-refractivity contribution >= 4 is 0 Å². The maximum Gasteiger partial charge on any atom is 0.249 e. The molecule has 1 aliphatic rings. The first-order chi connectivity index (χ1) is 6.99. The highest BCUT2D eigenvalue weighted by Crippen LogP contribution is 2.54. The van der Waals surface area contributed by atoms with Crippen molar-refractivity contribution in [1.29, 1.82) is 0 Å². The van der Waals surface area contributed by atoms with E-state index < -0.39 is 17.6 Å². The number of rotatable bonds is 6.